The standard InChI is InChI=1S/C38H44O9/c1-3-30(46-37(40)24-42-2)17-18-31-32-19-28-15-10-16-34(43-25-36(39)44-22-26-11-6-4-7-12-26)33(28)20-29(32)21-35(31)47-38(41)45-23-27-13-8-5-9-14-27/h4-16,29-32,35H,3,17-25H2,1-2H3/t29-,30-,31+,32-,35+/m0/s1. The molecule has 9 nitrogen and oxygen atoms in total. The Morgan fingerprint density at radius 2 is 1.51 bits per heavy atom. The van der Waals surface area contributed by atoms with Gasteiger partial charge in [0.25, 0.3) is 0 Å². The van der Waals surface area contributed by atoms with E-state index in [1.165, 1.54) is 7.11 Å². The summed E-state index contributed by atoms with van der Waals surface area (Å²) in [7, 11) is 1.47. The van der Waals surface area contributed by atoms with Gasteiger partial charge in [0, 0.05) is 7.11 Å². The Balaban J connectivity index is 1.24. The lowest BCUT2D eigenvalue weighted by Crippen LogP contribution is -2.30. The maximum Gasteiger partial charge on any atom is 0.508 e. The van der Waals surface area contributed by atoms with Crippen molar-refractivity contribution >= 4 is 18.1 Å². The monoisotopic (exact) mass is 644 g/mol. The number of fused-ring (bicyclic) bond motifs is 2. The quantitative estimate of drug-likeness (QED) is 0.133. The van der Waals surface area contributed by atoms with E-state index in [-0.39, 0.29) is 62.4 Å². The highest BCUT2D eigenvalue weighted by Gasteiger charge is 2.47. The van der Waals surface area contributed by atoms with Crippen molar-refractivity contribution < 1.29 is 42.8 Å². The third kappa shape index (κ3) is 9.58. The Labute approximate surface area is 276 Å². The predicted octanol–water partition coefficient (Wildman–Crippen LogP) is 6.63. The Bertz CT molecular complexity index is 1460. The van der Waals surface area contributed by atoms with Gasteiger partial charge in [-0.3, -0.25) is 0 Å². The maximum absolute atomic E-state index is 12.9. The summed E-state index contributed by atoms with van der Waals surface area (Å²) < 4.78 is 33.5. The van der Waals surface area contributed by atoms with E-state index in [9.17, 15) is 14.4 Å². The van der Waals surface area contributed by atoms with E-state index < -0.39 is 12.1 Å². The second-order valence-corrected chi connectivity index (χ2v) is 12.3. The molecule has 0 radical (unpaired) electrons. The minimum Gasteiger partial charge on any atom is -0.482 e. The number of ether oxygens (including phenoxy) is 6. The van der Waals surface area contributed by atoms with Crippen molar-refractivity contribution in [1.29, 1.82) is 0 Å². The molecule has 0 N–H and O–H groups in total. The van der Waals surface area contributed by atoms with E-state index in [2.05, 4.69) is 6.07 Å². The van der Waals surface area contributed by atoms with Gasteiger partial charge in [0.05, 0.1) is 0 Å². The fraction of sp³-hybridized carbons (Fsp3) is 0.447. The van der Waals surface area contributed by atoms with Crippen LogP contribution in [0.3, 0.4) is 0 Å². The van der Waals surface area contributed by atoms with Crippen LogP contribution in [0.25, 0.3) is 0 Å². The highest BCUT2D eigenvalue weighted by atomic mass is 16.7. The second-order valence-electron chi connectivity index (χ2n) is 12.3. The van der Waals surface area contributed by atoms with Crippen molar-refractivity contribution in [3.63, 3.8) is 0 Å². The molecule has 0 saturated heterocycles. The molecule has 3 aromatic rings. The van der Waals surface area contributed by atoms with Crippen LogP contribution in [0.1, 0.15) is 54.9 Å². The molecule has 0 bridgehead atoms. The number of carbonyl (C=O) groups excluding carboxylic acids is 3. The van der Waals surface area contributed by atoms with Crippen molar-refractivity contribution in [1.82, 2.24) is 0 Å². The van der Waals surface area contributed by atoms with Crippen LogP contribution in [-0.2, 0) is 59.3 Å². The number of hydrogen-bond donors (Lipinski definition) is 0. The predicted molar refractivity (Wildman–Crippen MR) is 173 cm³/mol. The third-order valence-electron chi connectivity index (χ3n) is 9.19. The SMILES string of the molecule is CC[C@@H](CC[C@@H]1[C@H]2Cc3cccc(OCC(=O)OCc4ccccc4)c3C[C@H]2C[C@H]1OC(=O)OCc1ccccc1)OC(=O)COC. The fourth-order valence-electron chi connectivity index (χ4n) is 6.90. The molecule has 5 atom stereocenters. The molecule has 250 valence electrons. The third-order valence-corrected chi connectivity index (χ3v) is 9.19. The molecule has 0 aromatic heterocycles. The van der Waals surface area contributed by atoms with E-state index in [4.69, 9.17) is 28.4 Å². The molecular formula is C38H44O9. The Morgan fingerprint density at radius 1 is 0.809 bits per heavy atom. The Hall–Kier alpha value is -4.37. The van der Waals surface area contributed by atoms with Gasteiger partial charge < -0.3 is 28.4 Å². The molecule has 0 spiro atoms. The van der Waals surface area contributed by atoms with Crippen molar-refractivity contribution in [3.8, 4) is 5.75 Å². The Kier molecular flexibility index (Phi) is 12.3. The van der Waals surface area contributed by atoms with Gasteiger partial charge in [-0.25, -0.2) is 14.4 Å². The van der Waals surface area contributed by atoms with Crippen LogP contribution in [0.2, 0.25) is 0 Å². The number of rotatable bonds is 15. The van der Waals surface area contributed by atoms with E-state index in [1.807, 2.05) is 79.7 Å². The smallest absolute Gasteiger partial charge is 0.482 e. The number of carbonyl (C=O) groups is 3. The summed E-state index contributed by atoms with van der Waals surface area (Å²) in [5.74, 6) is 0.421. The molecular weight excluding hydrogens is 600 g/mol. The topological polar surface area (TPSA) is 107 Å². The second kappa shape index (κ2) is 17.0. The molecule has 0 unspecified atom stereocenters. The van der Waals surface area contributed by atoms with Gasteiger partial charge in [-0.15, -0.1) is 0 Å². The van der Waals surface area contributed by atoms with Gasteiger partial charge in [-0.2, -0.15) is 0 Å². The highest BCUT2D eigenvalue weighted by Crippen LogP contribution is 2.49. The average Bonchev–Trinajstić information content (AvgIpc) is 3.42. The summed E-state index contributed by atoms with van der Waals surface area (Å²) in [5.41, 5.74) is 4.04. The fourth-order valence-corrected chi connectivity index (χ4v) is 6.90. The van der Waals surface area contributed by atoms with Crippen LogP contribution in [0.4, 0.5) is 4.79 Å². The largest absolute Gasteiger partial charge is 0.508 e. The van der Waals surface area contributed by atoms with Crippen LogP contribution in [0.5, 0.6) is 5.75 Å². The molecule has 5 rings (SSSR count). The minimum atomic E-state index is -0.684. The zero-order valence-electron chi connectivity index (χ0n) is 27.1. The molecule has 2 aliphatic rings. The van der Waals surface area contributed by atoms with Gasteiger partial charge in [0.15, 0.2) is 6.61 Å². The number of hydrogen-bond acceptors (Lipinski definition) is 9. The van der Waals surface area contributed by atoms with Crippen LogP contribution in [0, 0.1) is 17.8 Å². The van der Waals surface area contributed by atoms with E-state index in [1.54, 1.807) is 0 Å². The first-order valence-corrected chi connectivity index (χ1v) is 16.4. The van der Waals surface area contributed by atoms with E-state index in [0.717, 1.165) is 41.5 Å². The summed E-state index contributed by atoms with van der Waals surface area (Å²) in [6, 6.07) is 25.0. The summed E-state index contributed by atoms with van der Waals surface area (Å²) >= 11 is 0. The van der Waals surface area contributed by atoms with Gasteiger partial charge >= 0.3 is 18.1 Å². The summed E-state index contributed by atoms with van der Waals surface area (Å²) in [6.45, 7) is 2.06. The van der Waals surface area contributed by atoms with E-state index >= 15 is 0 Å². The first-order chi connectivity index (χ1) is 22.9. The maximum atomic E-state index is 12.9. The van der Waals surface area contributed by atoms with Crippen molar-refractivity contribution in [2.24, 2.45) is 17.8 Å². The number of methoxy groups -OCH3 is 1. The molecule has 47 heavy (non-hydrogen) atoms. The lowest BCUT2D eigenvalue weighted by Gasteiger charge is -2.33. The molecule has 0 amide bonds. The molecule has 0 heterocycles. The molecule has 3 aromatic carbocycles. The van der Waals surface area contributed by atoms with Gasteiger partial charge in [0.1, 0.15) is 37.8 Å². The molecule has 1 saturated carbocycles. The molecule has 0 aliphatic heterocycles. The van der Waals surface area contributed by atoms with Crippen molar-refractivity contribution in [2.45, 2.75) is 70.9 Å². The van der Waals surface area contributed by atoms with E-state index in [0.29, 0.717) is 25.0 Å². The Morgan fingerprint density at radius 3 is 2.19 bits per heavy atom. The summed E-state index contributed by atoms with van der Waals surface area (Å²) in [6.07, 6.45) is 3.00. The number of benzene rings is 3. The minimum absolute atomic E-state index is 0.0603. The van der Waals surface area contributed by atoms with Crippen LogP contribution in [0.15, 0.2) is 78.9 Å². The average molecular weight is 645 g/mol. The van der Waals surface area contributed by atoms with Crippen LogP contribution in [-0.4, -0.2) is 50.6 Å². The van der Waals surface area contributed by atoms with Crippen LogP contribution >= 0.6 is 0 Å². The molecule has 9 heteroatoms. The first-order valence-electron chi connectivity index (χ1n) is 16.4. The van der Waals surface area contributed by atoms with Crippen molar-refractivity contribution in [3.05, 3.63) is 101 Å². The summed E-state index contributed by atoms with van der Waals surface area (Å²) in [4.78, 5) is 37.5. The highest BCUT2D eigenvalue weighted by molar-refractivity contribution is 5.71. The summed E-state index contributed by atoms with van der Waals surface area (Å²) in [5, 5.41) is 0. The van der Waals surface area contributed by atoms with Gasteiger partial charge in [-0.05, 0) is 84.6 Å². The molecule has 2 aliphatic carbocycles. The number of esters is 2. The van der Waals surface area contributed by atoms with Gasteiger partial charge in [-0.1, -0.05) is 79.7 Å². The lowest BCUT2D eigenvalue weighted by atomic mass is 9.73. The zero-order valence-corrected chi connectivity index (χ0v) is 27.1. The van der Waals surface area contributed by atoms with Gasteiger partial charge in [0.2, 0.25) is 0 Å². The normalized spacial score (nSPS) is 20.3. The first kappa shape index (κ1) is 34.0. The molecule has 1 fully saturated rings. The zero-order chi connectivity index (χ0) is 33.0. The van der Waals surface area contributed by atoms with Crippen LogP contribution < -0.4 is 4.74 Å². The lowest BCUT2D eigenvalue weighted by molar-refractivity contribution is -0.154. The van der Waals surface area contributed by atoms with Crippen molar-refractivity contribution in [2.75, 3.05) is 20.3 Å².